The molecule has 1 heterocycles. The van der Waals surface area contributed by atoms with E-state index in [4.69, 9.17) is 0 Å². The molecule has 1 aromatic carbocycles. The summed E-state index contributed by atoms with van der Waals surface area (Å²) in [6.07, 6.45) is 5.17. The van der Waals surface area contributed by atoms with E-state index < -0.39 is 0 Å². The summed E-state index contributed by atoms with van der Waals surface area (Å²) in [6, 6.07) is 3.60. The standard InChI is InChI=1S/C26H38BrN3O3/c1-9-17(10-2)21(31)15-29-11-12-30(24(29)28-27)16-22(32)18-13-19(25(3,4)5)23(33)20(14-18)26(6,7)8/h11-14,17,33H,9-10,15-16H2,1-8H3/b28-24-. The lowest BCUT2D eigenvalue weighted by Crippen LogP contribution is -2.31. The summed E-state index contributed by atoms with van der Waals surface area (Å²) >= 11 is 3.16. The first kappa shape index (κ1) is 27.1. The van der Waals surface area contributed by atoms with Crippen LogP contribution in [-0.4, -0.2) is 25.8 Å². The van der Waals surface area contributed by atoms with Crippen LogP contribution in [-0.2, 0) is 28.7 Å². The second-order valence-electron chi connectivity index (χ2n) is 10.8. The van der Waals surface area contributed by atoms with Gasteiger partial charge in [0.2, 0.25) is 5.62 Å². The quantitative estimate of drug-likeness (QED) is 0.455. The first-order chi connectivity index (χ1) is 15.2. The van der Waals surface area contributed by atoms with E-state index in [-0.39, 0.29) is 47.2 Å². The molecule has 6 nitrogen and oxygen atoms in total. The molecule has 0 radical (unpaired) electrons. The van der Waals surface area contributed by atoms with Crippen molar-refractivity contribution in [2.75, 3.05) is 0 Å². The molecule has 0 atom stereocenters. The van der Waals surface area contributed by atoms with E-state index >= 15 is 0 Å². The Hall–Kier alpha value is -2.15. The number of phenolic OH excluding ortho intramolecular Hbond substituents is 1. The van der Waals surface area contributed by atoms with Gasteiger partial charge in [0.05, 0.1) is 29.2 Å². The third kappa shape index (κ3) is 6.25. The number of halogens is 1. The van der Waals surface area contributed by atoms with E-state index in [1.807, 2.05) is 55.4 Å². The van der Waals surface area contributed by atoms with Crippen LogP contribution >= 0.6 is 16.1 Å². The summed E-state index contributed by atoms with van der Waals surface area (Å²) in [5, 5.41) is 10.9. The van der Waals surface area contributed by atoms with Gasteiger partial charge in [-0.1, -0.05) is 55.4 Å². The Morgan fingerprint density at radius 3 is 1.79 bits per heavy atom. The number of phenols is 1. The molecule has 0 fully saturated rings. The average molecular weight is 521 g/mol. The molecule has 1 aromatic heterocycles. The van der Waals surface area contributed by atoms with Crippen LogP contribution in [0.1, 0.15) is 89.7 Å². The van der Waals surface area contributed by atoms with Gasteiger partial charge in [0, 0.05) is 35.0 Å². The van der Waals surface area contributed by atoms with Gasteiger partial charge in [0.1, 0.15) is 5.75 Å². The molecule has 0 amide bonds. The molecular weight excluding hydrogens is 482 g/mol. The van der Waals surface area contributed by atoms with Gasteiger partial charge in [-0.25, -0.2) is 0 Å². The van der Waals surface area contributed by atoms with Crippen LogP contribution in [0.2, 0.25) is 0 Å². The van der Waals surface area contributed by atoms with E-state index in [1.165, 1.54) is 0 Å². The molecule has 1 N–H and O–H groups in total. The highest BCUT2D eigenvalue weighted by molar-refractivity contribution is 9.08. The van der Waals surface area contributed by atoms with Crippen molar-refractivity contribution >= 4 is 27.7 Å². The minimum absolute atomic E-state index is 0.0225. The molecule has 33 heavy (non-hydrogen) atoms. The maximum atomic E-state index is 13.3. The predicted molar refractivity (Wildman–Crippen MR) is 136 cm³/mol. The highest BCUT2D eigenvalue weighted by Gasteiger charge is 2.28. The van der Waals surface area contributed by atoms with Crippen molar-refractivity contribution in [2.24, 2.45) is 9.94 Å². The van der Waals surface area contributed by atoms with Crippen molar-refractivity contribution in [3.63, 3.8) is 0 Å². The van der Waals surface area contributed by atoms with Gasteiger partial charge < -0.3 is 14.2 Å². The van der Waals surface area contributed by atoms with Crippen molar-refractivity contribution in [1.82, 2.24) is 9.13 Å². The first-order valence-electron chi connectivity index (χ1n) is 11.6. The van der Waals surface area contributed by atoms with E-state index in [0.29, 0.717) is 11.2 Å². The zero-order valence-corrected chi connectivity index (χ0v) is 22.8. The summed E-state index contributed by atoms with van der Waals surface area (Å²) in [4.78, 5) is 26.0. The summed E-state index contributed by atoms with van der Waals surface area (Å²) in [5.41, 5.74) is 1.93. The van der Waals surface area contributed by atoms with E-state index in [1.54, 1.807) is 33.7 Å². The third-order valence-corrected chi connectivity index (χ3v) is 6.46. The fourth-order valence-electron chi connectivity index (χ4n) is 4.03. The average Bonchev–Trinajstić information content (AvgIpc) is 3.08. The number of carbonyl (C=O) groups excluding carboxylic acids is 2. The summed E-state index contributed by atoms with van der Waals surface area (Å²) in [7, 11) is 0. The van der Waals surface area contributed by atoms with Gasteiger partial charge in [0.25, 0.3) is 0 Å². The highest BCUT2D eigenvalue weighted by atomic mass is 79.9. The SMILES string of the molecule is CCC(CC)C(=O)Cn1ccn(CC(=O)c2cc(C(C)(C)C)c(O)c(C(C)(C)C)c2)/c1=N\Br. The molecule has 7 heteroatoms. The van der Waals surface area contributed by atoms with Crippen molar-refractivity contribution in [3.8, 4) is 5.75 Å². The number of hydrogen-bond donors (Lipinski definition) is 1. The molecule has 0 aliphatic heterocycles. The van der Waals surface area contributed by atoms with Gasteiger partial charge in [-0.3, -0.25) is 9.59 Å². The van der Waals surface area contributed by atoms with Crippen LogP contribution in [0.15, 0.2) is 28.5 Å². The Bertz CT molecular complexity index is 1040. The zero-order valence-electron chi connectivity index (χ0n) is 21.2. The second-order valence-corrected chi connectivity index (χ2v) is 11.1. The van der Waals surface area contributed by atoms with Gasteiger partial charge >= 0.3 is 0 Å². The topological polar surface area (TPSA) is 76.6 Å². The van der Waals surface area contributed by atoms with Crippen LogP contribution in [0.3, 0.4) is 0 Å². The number of rotatable bonds is 8. The number of carbonyl (C=O) groups is 2. The molecule has 0 aliphatic rings. The molecule has 0 saturated carbocycles. The zero-order chi connectivity index (χ0) is 25.1. The van der Waals surface area contributed by atoms with E-state index in [2.05, 4.69) is 20.2 Å². The predicted octanol–water partition coefficient (Wildman–Crippen LogP) is 5.69. The minimum atomic E-state index is -0.317. The summed E-state index contributed by atoms with van der Waals surface area (Å²) in [6.45, 7) is 16.5. The van der Waals surface area contributed by atoms with Crippen LogP contribution in [0.4, 0.5) is 0 Å². The minimum Gasteiger partial charge on any atom is -0.507 e. The lowest BCUT2D eigenvalue weighted by molar-refractivity contribution is -0.123. The van der Waals surface area contributed by atoms with Crippen molar-refractivity contribution in [1.29, 1.82) is 0 Å². The van der Waals surface area contributed by atoms with Crippen molar-refractivity contribution in [3.05, 3.63) is 46.8 Å². The Morgan fingerprint density at radius 1 is 0.939 bits per heavy atom. The fourth-order valence-corrected chi connectivity index (χ4v) is 4.44. The highest BCUT2D eigenvalue weighted by Crippen LogP contribution is 2.39. The summed E-state index contributed by atoms with van der Waals surface area (Å²) < 4.78 is 7.66. The number of imidazole rings is 1. The molecule has 0 aliphatic carbocycles. The van der Waals surface area contributed by atoms with E-state index in [9.17, 15) is 14.7 Å². The number of aromatic nitrogens is 2. The van der Waals surface area contributed by atoms with Gasteiger partial charge in [-0.2, -0.15) is 4.02 Å². The number of hydrogen-bond acceptors (Lipinski definition) is 4. The van der Waals surface area contributed by atoms with Crippen LogP contribution < -0.4 is 5.62 Å². The maximum Gasteiger partial charge on any atom is 0.217 e. The largest absolute Gasteiger partial charge is 0.507 e. The second kappa shape index (κ2) is 10.4. The van der Waals surface area contributed by atoms with Crippen LogP contribution in [0.25, 0.3) is 0 Å². The maximum absolute atomic E-state index is 13.3. The Balaban J connectivity index is 2.43. The molecule has 0 saturated heterocycles. The molecule has 2 aromatic rings. The van der Waals surface area contributed by atoms with Crippen molar-refractivity contribution in [2.45, 2.75) is 92.2 Å². The molecular formula is C26H38BrN3O3. The number of ketones is 2. The van der Waals surface area contributed by atoms with Gasteiger partial charge in [0.15, 0.2) is 11.6 Å². The molecule has 182 valence electrons. The Morgan fingerprint density at radius 2 is 1.39 bits per heavy atom. The molecule has 0 spiro atoms. The Labute approximate surface area is 206 Å². The first-order valence-corrected chi connectivity index (χ1v) is 12.3. The number of Topliss-reactive ketones (excluding diaryl/α,β-unsaturated/α-hetero) is 2. The molecule has 0 bridgehead atoms. The molecule has 2 rings (SSSR count). The van der Waals surface area contributed by atoms with Gasteiger partial charge in [-0.05, 0) is 35.8 Å². The Kier molecular flexibility index (Phi) is 8.55. The van der Waals surface area contributed by atoms with Crippen LogP contribution in [0.5, 0.6) is 5.75 Å². The lowest BCUT2D eigenvalue weighted by atomic mass is 9.78. The van der Waals surface area contributed by atoms with Gasteiger partial charge in [-0.15, -0.1) is 0 Å². The van der Waals surface area contributed by atoms with E-state index in [0.717, 1.165) is 24.0 Å². The monoisotopic (exact) mass is 519 g/mol. The number of aromatic hydroxyl groups is 1. The fraction of sp³-hybridized carbons (Fsp3) is 0.577. The van der Waals surface area contributed by atoms with Crippen molar-refractivity contribution < 1.29 is 14.7 Å². The summed E-state index contributed by atoms with van der Waals surface area (Å²) in [5.74, 6) is 0.350. The normalized spacial score (nSPS) is 13.1. The third-order valence-electron chi connectivity index (χ3n) is 6.14. The van der Waals surface area contributed by atoms with Crippen LogP contribution in [0, 0.1) is 5.92 Å². The molecule has 0 unspecified atom stereocenters. The lowest BCUT2D eigenvalue weighted by Gasteiger charge is -2.28. The smallest absolute Gasteiger partial charge is 0.217 e. The number of nitrogens with zero attached hydrogens (tertiary/aromatic N) is 3. The number of benzene rings is 1.